The third-order valence-electron chi connectivity index (χ3n) is 6.45. The molecule has 5 amide bonds. The van der Waals surface area contributed by atoms with Gasteiger partial charge in [-0.2, -0.15) is 0 Å². The molecule has 1 saturated carbocycles. The number of imide groups is 1. The first-order valence-electron chi connectivity index (χ1n) is 10.2. The highest BCUT2D eigenvalue weighted by molar-refractivity contribution is 7.12. The zero-order valence-corrected chi connectivity index (χ0v) is 17.4. The Kier molecular flexibility index (Phi) is 5.33. The number of thiophene rings is 1. The van der Waals surface area contributed by atoms with Gasteiger partial charge in [0.05, 0.1) is 4.88 Å². The largest absolute Gasteiger partial charge is 0.338 e. The van der Waals surface area contributed by atoms with Crippen LogP contribution >= 0.6 is 11.3 Å². The number of nitrogens with zero attached hydrogens (tertiary/aromatic N) is 3. The summed E-state index contributed by atoms with van der Waals surface area (Å²) in [4.78, 5) is 55.8. The van der Waals surface area contributed by atoms with Crippen molar-refractivity contribution in [2.45, 2.75) is 38.1 Å². The van der Waals surface area contributed by atoms with Gasteiger partial charge in [-0.25, -0.2) is 4.79 Å². The summed E-state index contributed by atoms with van der Waals surface area (Å²) in [6.07, 6.45) is 3.48. The lowest BCUT2D eigenvalue weighted by Gasteiger charge is -2.37. The van der Waals surface area contributed by atoms with Crippen molar-refractivity contribution < 1.29 is 19.2 Å². The molecular weight excluding hydrogens is 392 g/mol. The van der Waals surface area contributed by atoms with Gasteiger partial charge in [0, 0.05) is 26.2 Å². The van der Waals surface area contributed by atoms with Crippen LogP contribution in [0.15, 0.2) is 17.5 Å². The van der Waals surface area contributed by atoms with E-state index in [4.69, 9.17) is 0 Å². The second-order valence-corrected chi connectivity index (χ2v) is 9.04. The number of urea groups is 1. The number of carbonyl (C=O) groups is 4. The highest BCUT2D eigenvalue weighted by atomic mass is 32.1. The van der Waals surface area contributed by atoms with Gasteiger partial charge < -0.3 is 15.1 Å². The number of hydrogen-bond acceptors (Lipinski definition) is 5. The Morgan fingerprint density at radius 1 is 1.17 bits per heavy atom. The van der Waals surface area contributed by atoms with E-state index < -0.39 is 11.6 Å². The van der Waals surface area contributed by atoms with Crippen molar-refractivity contribution in [1.29, 1.82) is 0 Å². The number of carbonyl (C=O) groups excluding carboxylic acids is 4. The molecule has 8 nitrogen and oxygen atoms in total. The first kappa shape index (κ1) is 19.9. The van der Waals surface area contributed by atoms with Crippen LogP contribution in [0.2, 0.25) is 0 Å². The summed E-state index contributed by atoms with van der Waals surface area (Å²) in [5, 5.41) is 4.75. The Hall–Kier alpha value is -2.42. The van der Waals surface area contributed by atoms with E-state index in [0.29, 0.717) is 37.5 Å². The molecule has 2 saturated heterocycles. The molecule has 1 aromatic heterocycles. The highest BCUT2D eigenvalue weighted by Crippen LogP contribution is 2.38. The zero-order chi connectivity index (χ0) is 20.6. The molecule has 1 spiro atoms. The van der Waals surface area contributed by atoms with Gasteiger partial charge in [0.1, 0.15) is 12.1 Å². The van der Waals surface area contributed by atoms with Crippen LogP contribution in [0.25, 0.3) is 0 Å². The smallest absolute Gasteiger partial charge is 0.325 e. The van der Waals surface area contributed by atoms with Gasteiger partial charge in [0.2, 0.25) is 5.91 Å². The third kappa shape index (κ3) is 3.52. The van der Waals surface area contributed by atoms with Crippen LogP contribution < -0.4 is 5.32 Å². The number of rotatable bonds is 3. The second-order valence-electron chi connectivity index (χ2n) is 8.09. The van der Waals surface area contributed by atoms with E-state index in [1.807, 2.05) is 18.4 Å². The molecule has 1 aliphatic carbocycles. The molecule has 0 radical (unpaired) electrons. The molecule has 2 atom stereocenters. The summed E-state index contributed by atoms with van der Waals surface area (Å²) in [5.41, 5.74) is -0.846. The van der Waals surface area contributed by atoms with Crippen LogP contribution in [0.5, 0.6) is 0 Å². The molecular formula is C20H26N4O4S. The Bertz CT molecular complexity index is 818. The maximum absolute atomic E-state index is 13.0. The fourth-order valence-electron chi connectivity index (χ4n) is 4.59. The van der Waals surface area contributed by atoms with Gasteiger partial charge in [0.15, 0.2) is 0 Å². The van der Waals surface area contributed by atoms with Crippen molar-refractivity contribution in [3.8, 4) is 0 Å². The predicted molar refractivity (Wildman–Crippen MR) is 107 cm³/mol. The lowest BCUT2D eigenvalue weighted by molar-refractivity contribution is -0.141. The standard InChI is InChI=1S/C20H26N4O4S/c1-14-5-2-3-7-20(14)18(27)24(19(28)21-20)13-16(25)22-8-10-23(11-9-22)17(26)15-6-4-12-29-15/h4,6,12,14H,2-3,5,7-11,13H2,1H3,(H,21,28)/t14-,20-/m1/s1. The minimum Gasteiger partial charge on any atom is -0.338 e. The van der Waals surface area contributed by atoms with E-state index in [9.17, 15) is 19.2 Å². The summed E-state index contributed by atoms with van der Waals surface area (Å²) < 4.78 is 0. The Labute approximate surface area is 173 Å². The van der Waals surface area contributed by atoms with Crippen LogP contribution in [0, 0.1) is 5.92 Å². The molecule has 2 aliphatic heterocycles. The number of nitrogens with one attached hydrogen (secondary N) is 1. The first-order chi connectivity index (χ1) is 13.9. The average molecular weight is 419 g/mol. The minimum atomic E-state index is -0.846. The second kappa shape index (κ2) is 7.78. The summed E-state index contributed by atoms with van der Waals surface area (Å²) in [7, 11) is 0. The summed E-state index contributed by atoms with van der Waals surface area (Å²) in [6.45, 7) is 3.46. The molecule has 4 rings (SSSR count). The predicted octanol–water partition coefficient (Wildman–Crippen LogP) is 1.53. The summed E-state index contributed by atoms with van der Waals surface area (Å²) in [6, 6.07) is 3.17. The maximum atomic E-state index is 13.0. The maximum Gasteiger partial charge on any atom is 0.325 e. The van der Waals surface area contributed by atoms with Crippen LogP contribution in [0.3, 0.4) is 0 Å². The first-order valence-corrected chi connectivity index (χ1v) is 11.0. The van der Waals surface area contributed by atoms with Crippen molar-refractivity contribution in [3.63, 3.8) is 0 Å². The van der Waals surface area contributed by atoms with Gasteiger partial charge in [-0.1, -0.05) is 25.8 Å². The summed E-state index contributed by atoms with van der Waals surface area (Å²) in [5.74, 6) is -0.471. The molecule has 3 aliphatic rings. The fraction of sp³-hybridized carbons (Fsp3) is 0.600. The quantitative estimate of drug-likeness (QED) is 0.754. The van der Waals surface area contributed by atoms with Crippen molar-refractivity contribution in [2.75, 3.05) is 32.7 Å². The SMILES string of the molecule is C[C@@H]1CCCC[C@@]12NC(=O)N(CC(=O)N1CCN(C(=O)c3cccs3)CC1)C2=O. The minimum absolute atomic E-state index is 0.0191. The Balaban J connectivity index is 1.35. The lowest BCUT2D eigenvalue weighted by Crippen LogP contribution is -2.55. The van der Waals surface area contributed by atoms with Crippen molar-refractivity contribution in [2.24, 2.45) is 5.92 Å². The van der Waals surface area contributed by atoms with E-state index in [1.54, 1.807) is 15.9 Å². The van der Waals surface area contributed by atoms with E-state index in [-0.39, 0.29) is 30.2 Å². The van der Waals surface area contributed by atoms with Gasteiger partial charge in [-0.15, -0.1) is 11.3 Å². The fourth-order valence-corrected chi connectivity index (χ4v) is 5.28. The monoisotopic (exact) mass is 418 g/mol. The molecule has 156 valence electrons. The Morgan fingerprint density at radius 3 is 2.55 bits per heavy atom. The average Bonchev–Trinajstić information content (AvgIpc) is 3.34. The van der Waals surface area contributed by atoms with Gasteiger partial charge in [-0.05, 0) is 30.2 Å². The van der Waals surface area contributed by atoms with Crippen LogP contribution in [-0.4, -0.2) is 76.7 Å². The topological polar surface area (TPSA) is 90.0 Å². The lowest BCUT2D eigenvalue weighted by atomic mass is 9.73. The van der Waals surface area contributed by atoms with Crippen molar-refractivity contribution in [3.05, 3.63) is 22.4 Å². The van der Waals surface area contributed by atoms with Crippen molar-refractivity contribution >= 4 is 35.1 Å². The molecule has 29 heavy (non-hydrogen) atoms. The van der Waals surface area contributed by atoms with Gasteiger partial charge >= 0.3 is 6.03 Å². The van der Waals surface area contributed by atoms with E-state index >= 15 is 0 Å². The van der Waals surface area contributed by atoms with Gasteiger partial charge in [0.25, 0.3) is 11.8 Å². The number of hydrogen-bond donors (Lipinski definition) is 1. The van der Waals surface area contributed by atoms with E-state index in [2.05, 4.69) is 5.32 Å². The number of amides is 5. The van der Waals surface area contributed by atoms with E-state index in [1.165, 1.54) is 11.3 Å². The molecule has 1 N–H and O–H groups in total. The van der Waals surface area contributed by atoms with Crippen LogP contribution in [-0.2, 0) is 9.59 Å². The van der Waals surface area contributed by atoms with E-state index in [0.717, 1.165) is 24.2 Å². The highest BCUT2D eigenvalue weighted by Gasteiger charge is 2.55. The number of piperazine rings is 1. The normalized spacial score (nSPS) is 27.5. The molecule has 0 bridgehead atoms. The van der Waals surface area contributed by atoms with Crippen molar-refractivity contribution in [1.82, 2.24) is 20.0 Å². The molecule has 0 aromatic carbocycles. The summed E-state index contributed by atoms with van der Waals surface area (Å²) >= 11 is 1.40. The molecule has 9 heteroatoms. The Morgan fingerprint density at radius 2 is 1.90 bits per heavy atom. The third-order valence-corrected chi connectivity index (χ3v) is 7.30. The zero-order valence-electron chi connectivity index (χ0n) is 16.6. The van der Waals surface area contributed by atoms with Crippen LogP contribution in [0.4, 0.5) is 4.79 Å². The molecule has 3 fully saturated rings. The molecule has 3 heterocycles. The van der Waals surface area contributed by atoms with Crippen LogP contribution in [0.1, 0.15) is 42.3 Å². The molecule has 0 unspecified atom stereocenters. The van der Waals surface area contributed by atoms with Gasteiger partial charge in [-0.3, -0.25) is 19.3 Å². The molecule has 1 aromatic rings.